The fourth-order valence-electron chi connectivity index (χ4n) is 12.2. The highest BCUT2D eigenvalue weighted by Gasteiger charge is 2.33. The molecule has 4 nitrogen and oxygen atoms in total. The molecular weight excluding hydrogens is 966 g/mol. The van der Waals surface area contributed by atoms with Gasteiger partial charge in [-0.15, -0.1) is 0 Å². The van der Waals surface area contributed by atoms with Crippen LogP contribution < -0.4 is 0 Å². The minimum absolute atomic E-state index is 0.151. The van der Waals surface area contributed by atoms with E-state index in [-0.39, 0.29) is 5.56 Å². The summed E-state index contributed by atoms with van der Waals surface area (Å²) in [7, 11) is 0. The van der Waals surface area contributed by atoms with Crippen LogP contribution in [0.5, 0.6) is 0 Å². The Labute approximate surface area is 452 Å². The first kappa shape index (κ1) is 49.4. The number of aryl methyl sites for hydroxylation is 8. The number of aromatic nitrogens is 2. The van der Waals surface area contributed by atoms with Gasteiger partial charge in [0, 0.05) is 32.7 Å². The molecule has 0 radical (unpaired) electrons. The van der Waals surface area contributed by atoms with Gasteiger partial charge in [0.15, 0.2) is 0 Å². The second-order valence-corrected chi connectivity index (χ2v) is 21.5. The van der Waals surface area contributed by atoms with Crippen molar-refractivity contribution >= 4 is 43.6 Å². The van der Waals surface area contributed by atoms with Crippen molar-refractivity contribution in [3.8, 4) is 79.1 Å². The summed E-state index contributed by atoms with van der Waals surface area (Å²) in [4.78, 5) is 0. The highest BCUT2D eigenvalue weighted by atomic mass is 19.4. The van der Waals surface area contributed by atoms with E-state index in [4.69, 9.17) is 0 Å². The topological polar surface area (TPSA) is 57.4 Å². The average Bonchev–Trinajstić information content (AvgIpc) is 4.13. The highest BCUT2D eigenvalue weighted by molar-refractivity contribution is 6.14. The van der Waals surface area contributed by atoms with Crippen LogP contribution in [0.1, 0.15) is 61.2 Å². The van der Waals surface area contributed by atoms with Crippen molar-refractivity contribution in [1.29, 1.82) is 10.5 Å². The van der Waals surface area contributed by atoms with Crippen molar-refractivity contribution in [2.75, 3.05) is 0 Å². The van der Waals surface area contributed by atoms with Crippen molar-refractivity contribution in [1.82, 2.24) is 9.13 Å². The Morgan fingerprint density at radius 2 is 0.641 bits per heavy atom. The first-order valence-corrected chi connectivity index (χ1v) is 26.1. The van der Waals surface area contributed by atoms with Gasteiger partial charge < -0.3 is 9.13 Å². The van der Waals surface area contributed by atoms with E-state index < -0.39 is 11.7 Å². The van der Waals surface area contributed by atoms with E-state index in [2.05, 4.69) is 222 Å². The van der Waals surface area contributed by atoms with E-state index in [9.17, 15) is 23.7 Å². The molecule has 0 aliphatic heterocycles. The average molecular weight is 1020 g/mol. The molecule has 0 saturated heterocycles. The molecule has 10 aromatic carbocycles. The first-order valence-electron chi connectivity index (χ1n) is 26.1. The van der Waals surface area contributed by atoms with Crippen LogP contribution in [0, 0.1) is 78.1 Å². The Kier molecular flexibility index (Phi) is 11.8. The third kappa shape index (κ3) is 8.68. The molecule has 78 heavy (non-hydrogen) atoms. The van der Waals surface area contributed by atoms with E-state index in [1.807, 2.05) is 12.1 Å². The van der Waals surface area contributed by atoms with Gasteiger partial charge in [-0.3, -0.25) is 0 Å². The maximum absolute atomic E-state index is 14.7. The van der Waals surface area contributed by atoms with Crippen molar-refractivity contribution in [3.05, 3.63) is 237 Å². The summed E-state index contributed by atoms with van der Waals surface area (Å²) >= 11 is 0. The van der Waals surface area contributed by atoms with Gasteiger partial charge in [0.25, 0.3) is 0 Å². The van der Waals surface area contributed by atoms with Gasteiger partial charge >= 0.3 is 6.18 Å². The number of hydrogen-bond donors (Lipinski definition) is 0. The van der Waals surface area contributed by atoms with Crippen molar-refractivity contribution < 1.29 is 13.2 Å². The molecule has 7 heteroatoms. The van der Waals surface area contributed by atoms with Crippen LogP contribution in [-0.2, 0) is 6.18 Å². The SMILES string of the molecule is Cc1cc(C)cc(-c2ccc3c(c2)c2cc(-c4cc(C)cc(C)c4)ccc2n3-c2cc(C#N)cc(-n3c4ccc(-c5cc(C)cc(C)c5)cc4c4cc(-c5cc(C)cc(C)c5)ccc43)c2-c2ccc(C(F)(F)F)cc2C#N)c1. The lowest BCUT2D eigenvalue weighted by Crippen LogP contribution is -2.08. The molecule has 12 aromatic rings. The fourth-order valence-corrected chi connectivity index (χ4v) is 12.2. The van der Waals surface area contributed by atoms with Crippen molar-refractivity contribution in [2.24, 2.45) is 0 Å². The molecular formula is C71H53F3N4. The quantitative estimate of drug-likeness (QED) is 0.160. The molecule has 0 aliphatic carbocycles. The molecule has 378 valence electrons. The molecule has 12 rings (SSSR count). The molecule has 0 fully saturated rings. The lowest BCUT2D eigenvalue weighted by molar-refractivity contribution is -0.137. The summed E-state index contributed by atoms with van der Waals surface area (Å²) < 4.78 is 48.3. The number of hydrogen-bond acceptors (Lipinski definition) is 2. The molecule has 0 saturated carbocycles. The first-order chi connectivity index (χ1) is 37.4. The number of alkyl halides is 3. The standard InChI is InChI=1S/C71H53F3N4/c1-40-19-41(2)24-53(23-40)49-9-15-64-60(34-49)61-35-50(54-25-42(3)20-43(4)26-54)10-16-65(61)77(64)68-31-48(38-75)32-69(70(68)59-14-13-58(71(72,73)74)33-57(59)39-76)78-66-17-11-51(55-27-44(5)21-45(6)28-55)36-62(66)63-37-52(12-18-67(63)78)56-29-46(7)22-47(8)30-56/h9-37H,1-8H3. The Bertz CT molecular complexity index is 4060. The Balaban J connectivity index is 1.23. The van der Waals surface area contributed by atoms with Gasteiger partial charge in [-0.05, 0) is 173 Å². The third-order valence-electron chi connectivity index (χ3n) is 15.2. The molecule has 0 N–H and O–H groups in total. The molecule has 0 unspecified atom stereocenters. The van der Waals surface area contributed by atoms with Gasteiger partial charge in [-0.2, -0.15) is 23.7 Å². The molecule has 2 aromatic heterocycles. The molecule has 0 amide bonds. The maximum Gasteiger partial charge on any atom is 0.416 e. The second-order valence-electron chi connectivity index (χ2n) is 21.5. The normalized spacial score (nSPS) is 11.8. The minimum atomic E-state index is -4.71. The molecule has 0 spiro atoms. The lowest BCUT2D eigenvalue weighted by Gasteiger charge is -2.22. The highest BCUT2D eigenvalue weighted by Crippen LogP contribution is 2.47. The Morgan fingerprint density at radius 1 is 0.333 bits per heavy atom. The maximum atomic E-state index is 14.7. The molecule has 0 atom stereocenters. The summed E-state index contributed by atoms with van der Waals surface area (Å²) in [5.74, 6) is 0. The molecule has 0 aliphatic rings. The van der Waals surface area contributed by atoms with Crippen molar-refractivity contribution in [2.45, 2.75) is 61.6 Å². The van der Waals surface area contributed by atoms with Crippen LogP contribution in [0.2, 0.25) is 0 Å². The predicted molar refractivity (Wildman–Crippen MR) is 315 cm³/mol. The zero-order chi connectivity index (χ0) is 54.5. The smallest absolute Gasteiger partial charge is 0.308 e. The monoisotopic (exact) mass is 1020 g/mol. The largest absolute Gasteiger partial charge is 0.416 e. The van der Waals surface area contributed by atoms with Gasteiger partial charge in [-0.1, -0.05) is 148 Å². The number of fused-ring (bicyclic) bond motifs is 6. The number of nitrogens with zero attached hydrogens (tertiary/aromatic N) is 4. The Hall–Kier alpha value is -9.43. The van der Waals surface area contributed by atoms with Crippen molar-refractivity contribution in [3.63, 3.8) is 0 Å². The van der Waals surface area contributed by atoms with E-state index in [0.717, 1.165) is 145 Å². The zero-order valence-electron chi connectivity index (χ0n) is 44.7. The van der Waals surface area contributed by atoms with Crippen LogP contribution in [-0.4, -0.2) is 9.13 Å². The summed E-state index contributed by atoms with van der Waals surface area (Å²) in [6.07, 6.45) is -4.71. The summed E-state index contributed by atoms with van der Waals surface area (Å²) in [6.45, 7) is 16.8. The van der Waals surface area contributed by atoms with Gasteiger partial charge in [-0.25, -0.2) is 0 Å². The summed E-state index contributed by atoms with van der Waals surface area (Å²) in [5, 5.41) is 26.0. The minimum Gasteiger partial charge on any atom is -0.308 e. The zero-order valence-corrected chi connectivity index (χ0v) is 44.7. The van der Waals surface area contributed by atoms with Gasteiger partial charge in [0.05, 0.1) is 62.3 Å². The Morgan fingerprint density at radius 3 is 0.910 bits per heavy atom. The number of benzene rings is 10. The summed E-state index contributed by atoms with van der Waals surface area (Å²) in [5.41, 5.74) is 22.0. The lowest BCUT2D eigenvalue weighted by atomic mass is 9.93. The van der Waals surface area contributed by atoms with Crippen LogP contribution >= 0.6 is 0 Å². The van der Waals surface area contributed by atoms with Gasteiger partial charge in [0.1, 0.15) is 0 Å². The van der Waals surface area contributed by atoms with E-state index in [0.29, 0.717) is 28.1 Å². The van der Waals surface area contributed by atoms with E-state index >= 15 is 0 Å². The second kappa shape index (κ2) is 18.7. The number of halogens is 3. The van der Waals surface area contributed by atoms with E-state index in [1.54, 1.807) is 0 Å². The molecule has 2 heterocycles. The van der Waals surface area contributed by atoms with Crippen LogP contribution in [0.25, 0.3) is 111 Å². The van der Waals surface area contributed by atoms with Gasteiger partial charge in [0.2, 0.25) is 0 Å². The van der Waals surface area contributed by atoms with E-state index in [1.165, 1.54) is 6.07 Å². The van der Waals surface area contributed by atoms with Crippen LogP contribution in [0.3, 0.4) is 0 Å². The third-order valence-corrected chi connectivity index (χ3v) is 15.2. The number of rotatable bonds is 7. The predicted octanol–water partition coefficient (Wildman–Crippen LogP) is 19.4. The summed E-state index contributed by atoms with van der Waals surface area (Å²) in [6, 6.07) is 63.5. The molecule has 0 bridgehead atoms. The number of nitriles is 2. The fraction of sp³-hybridized carbons (Fsp3) is 0.127. The van der Waals surface area contributed by atoms with Crippen LogP contribution in [0.4, 0.5) is 13.2 Å². The van der Waals surface area contributed by atoms with Crippen LogP contribution in [0.15, 0.2) is 176 Å².